The van der Waals surface area contributed by atoms with Gasteiger partial charge in [0, 0.05) is 0 Å². The molecule has 1 aliphatic carbocycles. The molecule has 2 unspecified atom stereocenters. The standard InChI is InChI=1S/C9H13ClO3/c1-8(5-6-3-4-6)9(10,13-8)7(11)12-2/h6H,3-5H2,1-2H3. The number of carbonyl (C=O) groups excluding carboxylic acids is 1. The first-order valence-electron chi connectivity index (χ1n) is 4.49. The van der Waals surface area contributed by atoms with E-state index in [1.165, 1.54) is 20.0 Å². The summed E-state index contributed by atoms with van der Waals surface area (Å²) in [5.41, 5.74) is -0.497. The molecule has 0 aromatic rings. The summed E-state index contributed by atoms with van der Waals surface area (Å²) in [5.74, 6) is 0.215. The van der Waals surface area contributed by atoms with Gasteiger partial charge in [-0.3, -0.25) is 0 Å². The summed E-state index contributed by atoms with van der Waals surface area (Å²) in [6, 6.07) is 0. The van der Waals surface area contributed by atoms with Crippen molar-refractivity contribution in [3.05, 3.63) is 0 Å². The molecular weight excluding hydrogens is 192 g/mol. The van der Waals surface area contributed by atoms with Gasteiger partial charge in [0.25, 0.3) is 5.06 Å². The van der Waals surface area contributed by atoms with E-state index in [9.17, 15) is 4.79 Å². The van der Waals surface area contributed by atoms with Crippen LogP contribution in [0.15, 0.2) is 0 Å². The van der Waals surface area contributed by atoms with Gasteiger partial charge in [0.2, 0.25) is 0 Å². The summed E-state index contributed by atoms with van der Waals surface area (Å²) in [7, 11) is 1.33. The average Bonchev–Trinajstić information content (AvgIpc) is 2.93. The van der Waals surface area contributed by atoms with Gasteiger partial charge < -0.3 is 9.47 Å². The molecule has 4 heteroatoms. The van der Waals surface area contributed by atoms with Crippen LogP contribution in [0.4, 0.5) is 0 Å². The van der Waals surface area contributed by atoms with Crippen LogP contribution >= 0.6 is 11.6 Å². The number of alkyl halides is 1. The Balaban J connectivity index is 2.00. The smallest absolute Gasteiger partial charge is 0.357 e. The van der Waals surface area contributed by atoms with E-state index in [0.29, 0.717) is 5.92 Å². The third-order valence-electron chi connectivity index (χ3n) is 2.83. The second-order valence-electron chi connectivity index (χ2n) is 4.07. The molecule has 74 valence electrons. The number of epoxide rings is 1. The highest BCUT2D eigenvalue weighted by atomic mass is 35.5. The van der Waals surface area contributed by atoms with Crippen molar-refractivity contribution >= 4 is 17.6 Å². The monoisotopic (exact) mass is 204 g/mol. The van der Waals surface area contributed by atoms with Crippen LogP contribution in [-0.2, 0) is 14.3 Å². The number of methoxy groups -OCH3 is 1. The number of esters is 1. The minimum Gasteiger partial charge on any atom is -0.466 e. The maximum Gasteiger partial charge on any atom is 0.357 e. The van der Waals surface area contributed by atoms with Crippen molar-refractivity contribution < 1.29 is 14.3 Å². The van der Waals surface area contributed by atoms with Crippen LogP contribution in [0.25, 0.3) is 0 Å². The fourth-order valence-corrected chi connectivity index (χ4v) is 2.04. The normalized spacial score (nSPS) is 43.0. The summed E-state index contributed by atoms with van der Waals surface area (Å²) in [5, 5.41) is -1.20. The molecule has 0 radical (unpaired) electrons. The lowest BCUT2D eigenvalue weighted by molar-refractivity contribution is -0.143. The van der Waals surface area contributed by atoms with Crippen molar-refractivity contribution in [3.63, 3.8) is 0 Å². The van der Waals surface area contributed by atoms with E-state index >= 15 is 0 Å². The Morgan fingerprint density at radius 1 is 1.69 bits per heavy atom. The van der Waals surface area contributed by atoms with Gasteiger partial charge >= 0.3 is 5.97 Å². The number of carbonyl (C=O) groups is 1. The predicted molar refractivity (Wildman–Crippen MR) is 47.4 cm³/mol. The topological polar surface area (TPSA) is 38.8 Å². The lowest BCUT2D eigenvalue weighted by Crippen LogP contribution is -2.28. The van der Waals surface area contributed by atoms with Gasteiger partial charge in [-0.25, -0.2) is 4.79 Å². The molecule has 2 fully saturated rings. The summed E-state index contributed by atoms with van der Waals surface area (Å²) < 4.78 is 9.87. The van der Waals surface area contributed by atoms with Crippen molar-refractivity contribution in [1.82, 2.24) is 0 Å². The first-order chi connectivity index (χ1) is 6.02. The Morgan fingerprint density at radius 2 is 2.31 bits per heavy atom. The molecule has 0 aromatic carbocycles. The second kappa shape index (κ2) is 2.61. The van der Waals surface area contributed by atoms with Gasteiger partial charge in [0.15, 0.2) is 0 Å². The number of halogens is 1. The molecule has 3 nitrogen and oxygen atoms in total. The molecule has 1 saturated heterocycles. The molecule has 0 N–H and O–H groups in total. The Labute approximate surface area is 82.3 Å². The number of hydrogen-bond donors (Lipinski definition) is 0. The molecule has 2 aliphatic rings. The van der Waals surface area contributed by atoms with Gasteiger partial charge in [-0.2, -0.15) is 0 Å². The third kappa shape index (κ3) is 1.34. The Hall–Kier alpha value is -0.280. The van der Waals surface area contributed by atoms with Crippen molar-refractivity contribution in [3.8, 4) is 0 Å². The van der Waals surface area contributed by atoms with E-state index in [4.69, 9.17) is 16.3 Å². The van der Waals surface area contributed by atoms with Crippen molar-refractivity contribution in [2.24, 2.45) is 5.92 Å². The van der Waals surface area contributed by atoms with Crippen LogP contribution in [0.3, 0.4) is 0 Å². The SMILES string of the molecule is COC(=O)C1(Cl)OC1(C)CC1CC1. The molecule has 0 amide bonds. The zero-order valence-corrected chi connectivity index (χ0v) is 8.56. The predicted octanol–water partition coefficient (Wildman–Crippen LogP) is 1.68. The van der Waals surface area contributed by atoms with E-state index in [1.54, 1.807) is 0 Å². The van der Waals surface area contributed by atoms with E-state index in [-0.39, 0.29) is 0 Å². The minimum atomic E-state index is -1.20. The Bertz CT molecular complexity index is 251. The molecule has 0 aromatic heterocycles. The molecular formula is C9H13ClO3. The fraction of sp³-hybridized carbons (Fsp3) is 0.889. The first kappa shape index (κ1) is 9.28. The van der Waals surface area contributed by atoms with Crippen LogP contribution < -0.4 is 0 Å². The highest BCUT2D eigenvalue weighted by Crippen LogP contribution is 2.58. The molecule has 0 spiro atoms. The van der Waals surface area contributed by atoms with Gasteiger partial charge in [0.05, 0.1) is 7.11 Å². The van der Waals surface area contributed by atoms with Gasteiger partial charge in [0.1, 0.15) is 5.60 Å². The highest BCUT2D eigenvalue weighted by molar-refractivity contribution is 6.35. The van der Waals surface area contributed by atoms with Crippen molar-refractivity contribution in [2.45, 2.75) is 36.8 Å². The zero-order chi connectivity index (χ0) is 9.69. The van der Waals surface area contributed by atoms with Crippen molar-refractivity contribution in [2.75, 3.05) is 7.11 Å². The summed E-state index contributed by atoms with van der Waals surface area (Å²) >= 11 is 5.98. The Kier molecular flexibility index (Phi) is 1.86. The lowest BCUT2D eigenvalue weighted by atomic mass is 10.00. The average molecular weight is 205 g/mol. The molecule has 0 bridgehead atoms. The first-order valence-corrected chi connectivity index (χ1v) is 4.87. The van der Waals surface area contributed by atoms with Crippen molar-refractivity contribution in [1.29, 1.82) is 0 Å². The number of hydrogen-bond acceptors (Lipinski definition) is 3. The van der Waals surface area contributed by atoms with Gasteiger partial charge in [-0.05, 0) is 19.3 Å². The number of ether oxygens (including phenoxy) is 2. The molecule has 2 atom stereocenters. The van der Waals surface area contributed by atoms with Crippen LogP contribution in [0, 0.1) is 5.92 Å². The van der Waals surface area contributed by atoms with E-state index in [2.05, 4.69) is 4.74 Å². The summed E-state index contributed by atoms with van der Waals surface area (Å²) in [6.45, 7) is 1.87. The molecule has 2 rings (SSSR count). The van der Waals surface area contributed by atoms with Crippen LogP contribution in [0.2, 0.25) is 0 Å². The minimum absolute atomic E-state index is 0.475. The van der Waals surface area contributed by atoms with E-state index < -0.39 is 16.6 Å². The van der Waals surface area contributed by atoms with Crippen LogP contribution in [-0.4, -0.2) is 23.7 Å². The molecule has 1 aliphatic heterocycles. The van der Waals surface area contributed by atoms with Crippen LogP contribution in [0.1, 0.15) is 26.2 Å². The second-order valence-corrected chi connectivity index (χ2v) is 4.60. The van der Waals surface area contributed by atoms with E-state index in [1.807, 2.05) is 6.92 Å². The van der Waals surface area contributed by atoms with Gasteiger partial charge in [-0.15, -0.1) is 0 Å². The molecule has 1 heterocycles. The zero-order valence-electron chi connectivity index (χ0n) is 7.80. The fourth-order valence-electron chi connectivity index (χ4n) is 1.72. The summed E-state index contributed by atoms with van der Waals surface area (Å²) in [6.07, 6.45) is 3.33. The Morgan fingerprint density at radius 3 is 2.77 bits per heavy atom. The van der Waals surface area contributed by atoms with Crippen LogP contribution in [0.5, 0.6) is 0 Å². The molecule has 1 saturated carbocycles. The third-order valence-corrected chi connectivity index (χ3v) is 3.46. The maximum atomic E-state index is 11.2. The van der Waals surface area contributed by atoms with Gasteiger partial charge in [-0.1, -0.05) is 24.4 Å². The largest absolute Gasteiger partial charge is 0.466 e. The maximum absolute atomic E-state index is 11.2. The molecule has 13 heavy (non-hydrogen) atoms. The van der Waals surface area contributed by atoms with E-state index in [0.717, 1.165) is 6.42 Å². The highest BCUT2D eigenvalue weighted by Gasteiger charge is 2.73. The quantitative estimate of drug-likeness (QED) is 0.399. The lowest BCUT2D eigenvalue weighted by Gasteiger charge is -2.07. The number of rotatable bonds is 3. The summed E-state index contributed by atoms with van der Waals surface area (Å²) in [4.78, 5) is 11.2.